The van der Waals surface area contributed by atoms with Gasteiger partial charge in [-0.2, -0.15) is 0 Å². The minimum atomic E-state index is -0.324. The molecule has 2 N–H and O–H groups in total. The molecule has 0 spiro atoms. The maximum Gasteiger partial charge on any atom is 0.255 e. The van der Waals surface area contributed by atoms with E-state index in [1.807, 2.05) is 6.92 Å². The molecule has 0 aliphatic carbocycles. The van der Waals surface area contributed by atoms with Crippen molar-refractivity contribution in [2.45, 2.75) is 45.6 Å². The molecule has 0 fully saturated rings. The Hall–Kier alpha value is -2.57. The van der Waals surface area contributed by atoms with Crippen molar-refractivity contribution < 1.29 is 14.6 Å². The third-order valence-corrected chi connectivity index (χ3v) is 4.50. The molecule has 7 heteroatoms. The number of nitrogens with one attached hydrogen (secondary N) is 1. The molecule has 0 saturated carbocycles. The van der Waals surface area contributed by atoms with Crippen LogP contribution in [0.5, 0.6) is 11.5 Å². The van der Waals surface area contributed by atoms with Crippen molar-refractivity contribution in [1.82, 2.24) is 20.1 Å². The summed E-state index contributed by atoms with van der Waals surface area (Å²) in [5.41, 5.74) is 1.07. The van der Waals surface area contributed by atoms with Crippen LogP contribution in [0.2, 0.25) is 0 Å². The normalized spacial score (nSPS) is 13.8. The summed E-state index contributed by atoms with van der Waals surface area (Å²) in [6.45, 7) is 3.23. The van der Waals surface area contributed by atoms with Crippen molar-refractivity contribution in [3.8, 4) is 11.5 Å². The van der Waals surface area contributed by atoms with Crippen molar-refractivity contribution in [2.75, 3.05) is 13.7 Å². The first-order valence-corrected chi connectivity index (χ1v) is 8.67. The predicted octanol–water partition coefficient (Wildman–Crippen LogP) is 2.00. The molecule has 1 aromatic heterocycles. The number of amides is 1. The number of carbonyl (C=O) groups is 1. The maximum absolute atomic E-state index is 12.4. The smallest absolute Gasteiger partial charge is 0.255 e. The lowest BCUT2D eigenvalue weighted by atomic mass is 10.1. The van der Waals surface area contributed by atoms with E-state index in [1.54, 1.807) is 12.1 Å². The van der Waals surface area contributed by atoms with E-state index in [0.717, 1.165) is 43.0 Å². The Morgan fingerprint density at radius 2 is 2.16 bits per heavy atom. The van der Waals surface area contributed by atoms with Crippen molar-refractivity contribution >= 4 is 5.91 Å². The minimum absolute atomic E-state index is 0.137. The molecule has 0 bridgehead atoms. The van der Waals surface area contributed by atoms with E-state index in [2.05, 4.69) is 20.1 Å². The number of rotatable bonds is 5. The van der Waals surface area contributed by atoms with Crippen LogP contribution >= 0.6 is 0 Å². The summed E-state index contributed by atoms with van der Waals surface area (Å²) in [7, 11) is 1.47. The molecular formula is C18H24N4O3. The first-order chi connectivity index (χ1) is 12.1. The minimum Gasteiger partial charge on any atom is -0.504 e. The number of hydrogen-bond donors (Lipinski definition) is 2. The van der Waals surface area contributed by atoms with E-state index < -0.39 is 0 Å². The van der Waals surface area contributed by atoms with E-state index >= 15 is 0 Å². The Morgan fingerprint density at radius 3 is 2.96 bits per heavy atom. The van der Waals surface area contributed by atoms with Crippen molar-refractivity contribution in [3.63, 3.8) is 0 Å². The van der Waals surface area contributed by atoms with Gasteiger partial charge in [0.15, 0.2) is 11.5 Å². The summed E-state index contributed by atoms with van der Waals surface area (Å²) in [6.07, 6.45) is 5.09. The van der Waals surface area contributed by atoms with Gasteiger partial charge in [-0.1, -0.05) is 6.42 Å². The number of benzene rings is 1. The average molecular weight is 344 g/mol. The van der Waals surface area contributed by atoms with Crippen molar-refractivity contribution in [3.05, 3.63) is 34.9 Å². The molecule has 0 atom stereocenters. The summed E-state index contributed by atoms with van der Waals surface area (Å²) in [5.74, 6) is 1.79. The number of carbonyl (C=O) groups excluding carboxylic acids is 1. The zero-order valence-corrected chi connectivity index (χ0v) is 14.7. The van der Waals surface area contributed by atoms with E-state index in [9.17, 15) is 9.90 Å². The fourth-order valence-corrected chi connectivity index (χ4v) is 3.19. The zero-order valence-electron chi connectivity index (χ0n) is 14.7. The highest BCUT2D eigenvalue weighted by atomic mass is 16.5. The van der Waals surface area contributed by atoms with Crippen molar-refractivity contribution in [2.24, 2.45) is 0 Å². The molecule has 2 aromatic rings. The number of aryl methyl sites for hydroxylation is 2. The Morgan fingerprint density at radius 1 is 1.32 bits per heavy atom. The summed E-state index contributed by atoms with van der Waals surface area (Å²) in [5, 5.41) is 21.5. The van der Waals surface area contributed by atoms with Crippen LogP contribution in [0.25, 0.3) is 0 Å². The highest BCUT2D eigenvalue weighted by molar-refractivity contribution is 5.97. The number of aromatic nitrogens is 3. The molecule has 0 saturated heterocycles. The summed E-state index contributed by atoms with van der Waals surface area (Å²) < 4.78 is 7.28. The highest BCUT2D eigenvalue weighted by Gasteiger charge is 2.17. The predicted molar refractivity (Wildman–Crippen MR) is 93.0 cm³/mol. The van der Waals surface area contributed by atoms with Gasteiger partial charge in [0, 0.05) is 25.9 Å². The molecule has 134 valence electrons. The van der Waals surface area contributed by atoms with Gasteiger partial charge in [0.25, 0.3) is 5.91 Å². The fourth-order valence-electron chi connectivity index (χ4n) is 3.19. The third kappa shape index (κ3) is 3.75. The Bertz CT molecular complexity index is 770. The Balaban J connectivity index is 1.64. The van der Waals surface area contributed by atoms with Gasteiger partial charge in [-0.15, -0.1) is 10.2 Å². The number of phenols is 1. The zero-order chi connectivity index (χ0) is 17.8. The van der Waals surface area contributed by atoms with Gasteiger partial charge in [-0.3, -0.25) is 4.79 Å². The number of methoxy groups -OCH3 is 1. The monoisotopic (exact) mass is 344 g/mol. The van der Waals surface area contributed by atoms with Gasteiger partial charge >= 0.3 is 0 Å². The van der Waals surface area contributed by atoms with Gasteiger partial charge in [-0.25, -0.2) is 0 Å². The lowest BCUT2D eigenvalue weighted by molar-refractivity contribution is 0.0950. The second kappa shape index (κ2) is 7.55. The Labute approximate surface area is 147 Å². The van der Waals surface area contributed by atoms with Gasteiger partial charge < -0.3 is 19.7 Å². The van der Waals surface area contributed by atoms with E-state index in [0.29, 0.717) is 18.7 Å². The first kappa shape index (κ1) is 17.3. The van der Waals surface area contributed by atoms with E-state index in [-0.39, 0.29) is 17.2 Å². The summed E-state index contributed by atoms with van der Waals surface area (Å²) >= 11 is 0. The number of hydrogen-bond acceptors (Lipinski definition) is 5. The van der Waals surface area contributed by atoms with Gasteiger partial charge in [0.2, 0.25) is 0 Å². The number of aromatic hydroxyl groups is 1. The van der Waals surface area contributed by atoms with Crippen LogP contribution in [0, 0.1) is 6.92 Å². The third-order valence-electron chi connectivity index (χ3n) is 4.50. The van der Waals surface area contributed by atoms with Crippen LogP contribution < -0.4 is 10.1 Å². The summed E-state index contributed by atoms with van der Waals surface area (Å²) in [6, 6.07) is 3.34. The fraction of sp³-hybridized carbons (Fsp3) is 0.500. The topological polar surface area (TPSA) is 89.3 Å². The molecular weight excluding hydrogens is 320 g/mol. The maximum atomic E-state index is 12.4. The molecule has 25 heavy (non-hydrogen) atoms. The second-order valence-corrected chi connectivity index (χ2v) is 6.36. The van der Waals surface area contributed by atoms with Crippen LogP contribution in [-0.2, 0) is 19.4 Å². The Kier molecular flexibility index (Phi) is 5.21. The quantitative estimate of drug-likeness (QED) is 0.866. The van der Waals surface area contributed by atoms with Crippen LogP contribution in [0.4, 0.5) is 0 Å². The van der Waals surface area contributed by atoms with Gasteiger partial charge in [0.1, 0.15) is 11.6 Å². The molecule has 2 heterocycles. The van der Waals surface area contributed by atoms with Gasteiger partial charge in [0.05, 0.1) is 12.7 Å². The first-order valence-electron chi connectivity index (χ1n) is 8.67. The molecule has 7 nitrogen and oxygen atoms in total. The van der Waals surface area contributed by atoms with Crippen LogP contribution in [0.1, 0.15) is 46.8 Å². The molecule has 0 unspecified atom stereocenters. The summed E-state index contributed by atoms with van der Waals surface area (Å²) in [4.78, 5) is 12.4. The van der Waals surface area contributed by atoms with Crippen molar-refractivity contribution in [1.29, 1.82) is 0 Å². The SMILES string of the molecule is COc1cc(C)cc(C(=O)NCCc2nnc3n2CCCCC3)c1O. The molecule has 1 aliphatic rings. The lowest BCUT2D eigenvalue weighted by Crippen LogP contribution is -2.26. The van der Waals surface area contributed by atoms with E-state index in [1.165, 1.54) is 13.5 Å². The number of ether oxygens (including phenoxy) is 1. The van der Waals surface area contributed by atoms with E-state index in [4.69, 9.17) is 4.74 Å². The average Bonchev–Trinajstić information content (AvgIpc) is 2.83. The molecule has 3 rings (SSSR count). The standard InChI is InChI=1S/C18H24N4O3/c1-12-10-13(17(23)14(11-12)25-2)18(24)19-8-7-16-21-20-15-6-4-3-5-9-22(15)16/h10-11,23H,3-9H2,1-2H3,(H,19,24). The molecule has 0 radical (unpaired) electrons. The van der Waals surface area contributed by atoms with Gasteiger partial charge in [-0.05, 0) is 37.5 Å². The number of nitrogens with zero attached hydrogens (tertiary/aromatic N) is 3. The largest absolute Gasteiger partial charge is 0.504 e. The molecule has 1 amide bonds. The second-order valence-electron chi connectivity index (χ2n) is 6.36. The molecule has 1 aromatic carbocycles. The van der Waals surface area contributed by atoms with Crippen LogP contribution in [-0.4, -0.2) is 39.4 Å². The van der Waals surface area contributed by atoms with Crippen LogP contribution in [0.3, 0.4) is 0 Å². The number of phenolic OH excluding ortho intramolecular Hbond substituents is 1. The molecule has 1 aliphatic heterocycles. The number of fused-ring (bicyclic) bond motifs is 1. The van der Waals surface area contributed by atoms with Crippen LogP contribution in [0.15, 0.2) is 12.1 Å². The lowest BCUT2D eigenvalue weighted by Gasteiger charge is -2.11. The highest BCUT2D eigenvalue weighted by Crippen LogP contribution is 2.31.